The van der Waals surface area contributed by atoms with Crippen molar-refractivity contribution in [3.63, 3.8) is 0 Å². The van der Waals surface area contributed by atoms with Crippen LogP contribution in [0.3, 0.4) is 0 Å². The zero-order valence-corrected chi connectivity index (χ0v) is 21.6. The molecule has 2 atom stereocenters. The number of nitrogens with zero attached hydrogens (tertiary/aromatic N) is 6. The number of H-pyrrole nitrogens is 1. The SMILES string of the molecule is COc1c(F)cc(CN2C3CC2CN(c2ccc(-c4nc(C)cc(Cc5cc(C)[nH]n5)n4)cn2)C3)cc1F. The molecule has 0 radical (unpaired) electrons. The van der Waals surface area contributed by atoms with Crippen LogP contribution >= 0.6 is 0 Å². The van der Waals surface area contributed by atoms with Gasteiger partial charge in [-0.15, -0.1) is 0 Å². The van der Waals surface area contributed by atoms with E-state index in [0.29, 0.717) is 36.4 Å². The minimum absolute atomic E-state index is 0.316. The number of benzene rings is 1. The summed E-state index contributed by atoms with van der Waals surface area (Å²) < 4.78 is 33.1. The van der Waals surface area contributed by atoms with Gasteiger partial charge in [0.25, 0.3) is 0 Å². The number of nitrogens with one attached hydrogen (secondary N) is 1. The van der Waals surface area contributed by atoms with Crippen molar-refractivity contribution in [3.8, 4) is 17.1 Å². The minimum atomic E-state index is -0.667. The second kappa shape index (κ2) is 9.75. The van der Waals surface area contributed by atoms with E-state index in [0.717, 1.165) is 53.7 Å². The first kappa shape index (κ1) is 24.4. The van der Waals surface area contributed by atoms with Crippen molar-refractivity contribution in [2.45, 2.75) is 45.3 Å². The number of methoxy groups -OCH3 is 1. The minimum Gasteiger partial charge on any atom is -0.491 e. The number of aromatic amines is 1. The molecule has 8 nitrogen and oxygen atoms in total. The molecule has 196 valence electrons. The molecule has 3 aliphatic heterocycles. The van der Waals surface area contributed by atoms with Gasteiger partial charge in [0.15, 0.2) is 23.2 Å². The first-order chi connectivity index (χ1) is 18.4. The average molecular weight is 518 g/mol. The maximum Gasteiger partial charge on any atom is 0.190 e. The van der Waals surface area contributed by atoms with Crippen LogP contribution in [0.4, 0.5) is 14.6 Å². The van der Waals surface area contributed by atoms with Crippen molar-refractivity contribution >= 4 is 5.82 Å². The topological polar surface area (TPSA) is 83.1 Å². The fourth-order valence-electron chi connectivity index (χ4n) is 5.55. The van der Waals surface area contributed by atoms with Gasteiger partial charge in [-0.2, -0.15) is 5.10 Å². The Hall–Kier alpha value is -3.92. The lowest BCUT2D eigenvalue weighted by molar-refractivity contribution is -0.00882. The molecular formula is C28H29F2N7O. The summed E-state index contributed by atoms with van der Waals surface area (Å²) in [4.78, 5) is 18.7. The van der Waals surface area contributed by atoms with Gasteiger partial charge in [0, 0.05) is 61.3 Å². The Morgan fingerprint density at radius 3 is 2.39 bits per heavy atom. The summed E-state index contributed by atoms with van der Waals surface area (Å²) in [5.74, 6) is -0.110. The average Bonchev–Trinajstić information content (AvgIpc) is 3.31. The van der Waals surface area contributed by atoms with Crippen LogP contribution in [0.5, 0.6) is 5.75 Å². The highest BCUT2D eigenvalue weighted by molar-refractivity contribution is 5.57. The molecule has 0 aliphatic carbocycles. The van der Waals surface area contributed by atoms with Crippen LogP contribution in [0.2, 0.25) is 0 Å². The molecule has 3 aliphatic rings. The van der Waals surface area contributed by atoms with Gasteiger partial charge in [-0.05, 0) is 62.2 Å². The smallest absolute Gasteiger partial charge is 0.190 e. The van der Waals surface area contributed by atoms with Crippen LogP contribution in [0.25, 0.3) is 11.4 Å². The Morgan fingerprint density at radius 2 is 1.76 bits per heavy atom. The third kappa shape index (κ3) is 4.71. The highest BCUT2D eigenvalue weighted by Gasteiger charge is 2.44. The molecule has 1 aromatic carbocycles. The van der Waals surface area contributed by atoms with E-state index in [-0.39, 0.29) is 5.75 Å². The number of hydrogen-bond acceptors (Lipinski definition) is 7. The summed E-state index contributed by atoms with van der Waals surface area (Å²) in [6.45, 7) is 6.09. The molecule has 1 N–H and O–H groups in total. The van der Waals surface area contributed by atoms with Crippen LogP contribution < -0.4 is 9.64 Å². The number of anilines is 1. The number of pyridine rings is 1. The molecule has 0 spiro atoms. The summed E-state index contributed by atoms with van der Waals surface area (Å²) in [7, 11) is 1.27. The number of rotatable bonds is 7. The van der Waals surface area contributed by atoms with Gasteiger partial charge >= 0.3 is 0 Å². The van der Waals surface area contributed by atoms with Crippen LogP contribution in [-0.4, -0.2) is 62.3 Å². The van der Waals surface area contributed by atoms with Crippen molar-refractivity contribution < 1.29 is 13.5 Å². The van der Waals surface area contributed by atoms with Crippen LogP contribution in [0.1, 0.15) is 34.8 Å². The summed E-state index contributed by atoms with van der Waals surface area (Å²) in [6, 6.07) is 11.4. The third-order valence-corrected chi connectivity index (χ3v) is 7.33. The first-order valence-electron chi connectivity index (χ1n) is 12.7. The molecule has 7 rings (SSSR count). The number of hydrogen-bond donors (Lipinski definition) is 1. The molecule has 0 saturated carbocycles. The Morgan fingerprint density at radius 1 is 1.00 bits per heavy atom. The van der Waals surface area contributed by atoms with E-state index in [1.165, 1.54) is 19.2 Å². The van der Waals surface area contributed by atoms with Gasteiger partial charge in [-0.25, -0.2) is 23.7 Å². The molecule has 2 unspecified atom stereocenters. The van der Waals surface area contributed by atoms with Gasteiger partial charge in [-0.3, -0.25) is 10.00 Å². The maximum atomic E-state index is 14.1. The lowest BCUT2D eigenvalue weighted by Gasteiger charge is -2.56. The third-order valence-electron chi connectivity index (χ3n) is 7.33. The molecule has 0 amide bonds. The molecule has 3 saturated heterocycles. The number of piperazine rings is 1. The number of aryl methyl sites for hydroxylation is 2. The van der Waals surface area contributed by atoms with E-state index in [9.17, 15) is 8.78 Å². The van der Waals surface area contributed by atoms with Crippen molar-refractivity contribution in [2.75, 3.05) is 25.1 Å². The van der Waals surface area contributed by atoms with Crippen molar-refractivity contribution in [2.24, 2.45) is 0 Å². The van der Waals surface area contributed by atoms with Gasteiger partial charge in [0.2, 0.25) is 0 Å². The van der Waals surface area contributed by atoms with Gasteiger partial charge in [-0.1, -0.05) is 0 Å². The number of aromatic nitrogens is 5. The lowest BCUT2D eigenvalue weighted by atomic mass is 9.86. The van der Waals surface area contributed by atoms with Crippen molar-refractivity contribution in [1.29, 1.82) is 0 Å². The molecule has 3 aromatic heterocycles. The number of piperidine rings is 1. The van der Waals surface area contributed by atoms with Gasteiger partial charge in [0.1, 0.15) is 5.82 Å². The van der Waals surface area contributed by atoms with Crippen molar-refractivity contribution in [1.82, 2.24) is 30.0 Å². The zero-order chi connectivity index (χ0) is 26.4. The predicted octanol–water partition coefficient (Wildman–Crippen LogP) is 4.22. The first-order valence-corrected chi connectivity index (χ1v) is 12.7. The largest absolute Gasteiger partial charge is 0.491 e. The Labute approximate surface area is 219 Å². The number of fused-ring (bicyclic) bond motifs is 2. The normalized spacial score (nSPS) is 18.9. The molecule has 6 heterocycles. The molecule has 10 heteroatoms. The van der Waals surface area contributed by atoms with Gasteiger partial charge < -0.3 is 9.64 Å². The maximum absolute atomic E-state index is 14.1. The summed E-state index contributed by atoms with van der Waals surface area (Å²) in [5.41, 5.74) is 5.26. The fourth-order valence-corrected chi connectivity index (χ4v) is 5.55. The Balaban J connectivity index is 1.12. The van der Waals surface area contributed by atoms with E-state index >= 15 is 0 Å². The fraction of sp³-hybridized carbons (Fsp3) is 0.357. The number of halogens is 2. The molecule has 3 fully saturated rings. The summed E-state index contributed by atoms with van der Waals surface area (Å²) in [6.07, 6.45) is 3.54. The molecule has 2 bridgehead atoms. The zero-order valence-electron chi connectivity index (χ0n) is 21.6. The second-order valence-corrected chi connectivity index (χ2v) is 10.2. The van der Waals surface area contributed by atoms with Crippen molar-refractivity contribution in [3.05, 3.63) is 82.6 Å². The quantitative estimate of drug-likeness (QED) is 0.393. The summed E-state index contributed by atoms with van der Waals surface area (Å²) in [5, 5.41) is 7.29. The van der Waals surface area contributed by atoms with Crippen LogP contribution in [0.15, 0.2) is 42.6 Å². The van der Waals surface area contributed by atoms with E-state index in [2.05, 4.69) is 25.0 Å². The van der Waals surface area contributed by atoms with E-state index in [1.54, 1.807) is 0 Å². The van der Waals surface area contributed by atoms with Crippen LogP contribution in [-0.2, 0) is 13.0 Å². The molecule has 4 aromatic rings. The van der Waals surface area contributed by atoms with Gasteiger partial charge in [0.05, 0.1) is 18.5 Å². The highest BCUT2D eigenvalue weighted by Crippen LogP contribution is 2.36. The van der Waals surface area contributed by atoms with E-state index in [4.69, 9.17) is 14.7 Å². The molecule has 38 heavy (non-hydrogen) atoms. The Bertz CT molecular complexity index is 1440. The summed E-state index contributed by atoms with van der Waals surface area (Å²) >= 11 is 0. The van der Waals surface area contributed by atoms with E-state index < -0.39 is 11.6 Å². The number of ether oxygens (including phenoxy) is 1. The van der Waals surface area contributed by atoms with E-state index in [1.807, 2.05) is 44.3 Å². The second-order valence-electron chi connectivity index (χ2n) is 10.2. The highest BCUT2D eigenvalue weighted by atomic mass is 19.1. The predicted molar refractivity (Wildman–Crippen MR) is 139 cm³/mol. The lowest BCUT2D eigenvalue weighted by Crippen LogP contribution is -2.68. The van der Waals surface area contributed by atoms with Crippen LogP contribution in [0, 0.1) is 25.5 Å². The Kier molecular flexibility index (Phi) is 6.27. The monoisotopic (exact) mass is 517 g/mol. The molecular weight excluding hydrogens is 488 g/mol. The standard InChI is InChI=1S/C28H29F2N7O/c1-16-6-20(10-21-7-17(2)34-35-21)33-28(32-16)19-4-5-26(31-12-19)36-14-22-11-23(15-36)37(22)13-18-8-24(29)27(38-3)25(30)9-18/h4-9,12,22-23H,10-11,13-15H2,1-3H3,(H,34,35).